The molecule has 0 spiro atoms. The molecule has 222 valence electrons. The van der Waals surface area contributed by atoms with Gasteiger partial charge in [-0.3, -0.25) is 14.5 Å². The van der Waals surface area contributed by atoms with Crippen LogP contribution in [0, 0.1) is 23.2 Å². The molecule has 42 heavy (non-hydrogen) atoms. The molecule has 2 fully saturated rings. The van der Waals surface area contributed by atoms with Crippen LogP contribution in [-0.4, -0.2) is 56.8 Å². The van der Waals surface area contributed by atoms with Gasteiger partial charge in [0.05, 0.1) is 46.3 Å². The number of amides is 2. The number of fused-ring (bicyclic) bond motifs is 2. The fourth-order valence-corrected chi connectivity index (χ4v) is 10.7. The molecule has 6 nitrogen and oxygen atoms in total. The average molecular weight is 586 g/mol. The fraction of sp³-hybridized carbons (Fsp3) is 0.486. The van der Waals surface area contributed by atoms with Crippen molar-refractivity contribution in [2.45, 2.75) is 64.5 Å². The van der Waals surface area contributed by atoms with E-state index in [0.717, 1.165) is 29.7 Å². The molecule has 7 heteroatoms. The summed E-state index contributed by atoms with van der Waals surface area (Å²) in [5, 5.41) is 13.7. The maximum absolute atomic E-state index is 13.5. The molecule has 1 N–H and O–H groups in total. The lowest BCUT2D eigenvalue weighted by molar-refractivity contribution is -0.138. The molecular weight excluding hydrogens is 542 g/mol. The summed E-state index contributed by atoms with van der Waals surface area (Å²) in [4.78, 5) is 28.3. The molecule has 2 amide bonds. The summed E-state index contributed by atoms with van der Waals surface area (Å²) in [7, 11) is 1.45. The Hall–Kier alpha value is -3.00. The lowest BCUT2D eigenvalue weighted by Crippen LogP contribution is -2.41. The number of methoxy groups -OCH3 is 1. The minimum absolute atomic E-state index is 0.108. The Bertz CT molecular complexity index is 1460. The largest absolute Gasteiger partial charge is 0.497 e. The number of benzene rings is 2. The molecule has 4 aliphatic rings. The lowest BCUT2D eigenvalue weighted by atomic mass is 9.60. The van der Waals surface area contributed by atoms with Crippen molar-refractivity contribution < 1.29 is 24.2 Å². The van der Waals surface area contributed by atoms with Crippen molar-refractivity contribution in [1.29, 1.82) is 0 Å². The maximum Gasteiger partial charge on any atom is 0.233 e. The molecule has 1 heterocycles. The van der Waals surface area contributed by atoms with Gasteiger partial charge in [-0.25, -0.2) is 0 Å². The number of aliphatic hydroxyl groups excluding tert-OH is 1. The van der Waals surface area contributed by atoms with E-state index >= 15 is 0 Å². The van der Waals surface area contributed by atoms with Gasteiger partial charge >= 0.3 is 0 Å². The summed E-state index contributed by atoms with van der Waals surface area (Å²) >= 11 is 0. The molecule has 0 unspecified atom stereocenters. The van der Waals surface area contributed by atoms with E-state index in [0.29, 0.717) is 19.6 Å². The quantitative estimate of drug-likeness (QED) is 0.238. The Balaban J connectivity index is 1.41. The third-order valence-electron chi connectivity index (χ3n) is 10.4. The van der Waals surface area contributed by atoms with E-state index < -0.39 is 26.0 Å². The summed E-state index contributed by atoms with van der Waals surface area (Å²) in [6, 6.07) is 18.2. The highest BCUT2D eigenvalue weighted by atomic mass is 28.3. The number of allylic oxidation sites excluding steroid dienone is 2. The molecule has 1 saturated carbocycles. The first-order chi connectivity index (χ1) is 20.0. The van der Waals surface area contributed by atoms with Crippen LogP contribution in [0.2, 0.25) is 19.6 Å². The second kappa shape index (κ2) is 10.6. The van der Waals surface area contributed by atoms with Gasteiger partial charge in [-0.2, -0.15) is 0 Å². The van der Waals surface area contributed by atoms with E-state index in [9.17, 15) is 14.7 Å². The third-order valence-corrected chi connectivity index (χ3v) is 12.7. The van der Waals surface area contributed by atoms with E-state index in [-0.39, 0.29) is 29.1 Å². The number of hydrogen-bond acceptors (Lipinski definition) is 5. The third kappa shape index (κ3) is 4.52. The van der Waals surface area contributed by atoms with Crippen molar-refractivity contribution in [2.75, 3.05) is 20.8 Å². The number of ether oxygens (including phenoxy) is 2. The minimum atomic E-state index is -1.82. The second-order valence-corrected chi connectivity index (χ2v) is 18.9. The Morgan fingerprint density at radius 3 is 2.33 bits per heavy atom. The van der Waals surface area contributed by atoms with Crippen LogP contribution in [0.25, 0.3) is 0 Å². The smallest absolute Gasteiger partial charge is 0.233 e. The predicted octanol–water partition coefficient (Wildman–Crippen LogP) is 5.89. The molecule has 0 bridgehead atoms. The predicted molar refractivity (Wildman–Crippen MR) is 165 cm³/mol. The fourth-order valence-electron chi connectivity index (χ4n) is 8.57. The highest BCUT2D eigenvalue weighted by Gasteiger charge is 2.66. The molecule has 6 atom stereocenters. The molecule has 6 rings (SSSR count). The summed E-state index contributed by atoms with van der Waals surface area (Å²) in [6.07, 6.45) is 1.47. The minimum Gasteiger partial charge on any atom is -0.497 e. The normalized spacial score (nSPS) is 30.6. The number of hydrogen-bond donors (Lipinski definition) is 1. The molecule has 1 aliphatic heterocycles. The van der Waals surface area contributed by atoms with Crippen LogP contribution in [-0.2, 0) is 20.9 Å². The van der Waals surface area contributed by atoms with Crippen LogP contribution in [0.1, 0.15) is 43.2 Å². The number of rotatable bonds is 8. The lowest BCUT2D eigenvalue weighted by Gasteiger charge is -2.46. The zero-order valence-corrected chi connectivity index (χ0v) is 26.6. The van der Waals surface area contributed by atoms with Crippen molar-refractivity contribution in [2.24, 2.45) is 23.2 Å². The van der Waals surface area contributed by atoms with Crippen molar-refractivity contribution in [3.63, 3.8) is 0 Å². The number of likely N-dealkylation sites (tertiary alicyclic amines) is 1. The standard InChI is InChI=1S/C35H43NO5Si/c1-35-19-27(42(4,5)6)24(16-17-41-20-21-12-14-23(40-3)15-13-21)25-18-26-28(34(39)36(2)33(26)38)29(31(25)35)32(37)30(35)22-10-8-7-9-11-22/h7-15,26,28-30,32,37H,16-20H2,1-6H3/t26-,28-,29-,30+,32-,35-/m0/s1. The molecule has 3 aliphatic carbocycles. The Morgan fingerprint density at radius 1 is 1.00 bits per heavy atom. The molecule has 2 aromatic carbocycles. The van der Waals surface area contributed by atoms with Crippen LogP contribution in [0.5, 0.6) is 5.75 Å². The van der Waals surface area contributed by atoms with Crippen LogP contribution < -0.4 is 4.74 Å². The van der Waals surface area contributed by atoms with Gasteiger partial charge in [0, 0.05) is 24.3 Å². The van der Waals surface area contributed by atoms with Gasteiger partial charge in [-0.1, -0.05) is 79.8 Å². The Morgan fingerprint density at radius 2 is 1.69 bits per heavy atom. The van der Waals surface area contributed by atoms with Gasteiger partial charge in [0.25, 0.3) is 0 Å². The maximum atomic E-state index is 13.5. The zero-order valence-electron chi connectivity index (χ0n) is 25.6. The van der Waals surface area contributed by atoms with Gasteiger partial charge in [-0.05, 0) is 53.7 Å². The van der Waals surface area contributed by atoms with Gasteiger partial charge in [0.15, 0.2) is 0 Å². The van der Waals surface area contributed by atoms with E-state index in [1.807, 2.05) is 42.5 Å². The molecule has 1 saturated heterocycles. The van der Waals surface area contributed by atoms with Crippen molar-refractivity contribution in [1.82, 2.24) is 4.90 Å². The van der Waals surface area contributed by atoms with Gasteiger partial charge < -0.3 is 14.6 Å². The first-order valence-corrected chi connectivity index (χ1v) is 18.7. The van der Waals surface area contributed by atoms with Crippen LogP contribution >= 0.6 is 0 Å². The molecule has 0 aromatic heterocycles. The summed E-state index contributed by atoms with van der Waals surface area (Å²) < 4.78 is 11.5. The monoisotopic (exact) mass is 585 g/mol. The van der Waals surface area contributed by atoms with Gasteiger partial charge in [-0.15, -0.1) is 0 Å². The van der Waals surface area contributed by atoms with Crippen LogP contribution in [0.15, 0.2) is 76.5 Å². The summed E-state index contributed by atoms with van der Waals surface area (Å²) in [6.45, 7) is 10.6. The summed E-state index contributed by atoms with van der Waals surface area (Å²) in [5.74, 6) is -0.828. The molecule has 2 aromatic rings. The van der Waals surface area contributed by atoms with Crippen molar-refractivity contribution in [3.05, 3.63) is 87.6 Å². The topological polar surface area (TPSA) is 76.1 Å². The molecular formula is C35H43NO5Si. The number of carbonyl (C=O) groups is 2. The van der Waals surface area contributed by atoms with Gasteiger partial charge in [0.2, 0.25) is 11.8 Å². The zero-order chi connectivity index (χ0) is 30.0. The second-order valence-electron chi connectivity index (χ2n) is 13.8. The van der Waals surface area contributed by atoms with E-state index in [1.165, 1.54) is 26.8 Å². The Labute approximate surface area is 250 Å². The summed E-state index contributed by atoms with van der Waals surface area (Å²) in [5.41, 5.74) is 5.67. The number of aliphatic hydroxyl groups is 1. The van der Waals surface area contributed by atoms with E-state index in [1.54, 1.807) is 14.2 Å². The Kier molecular flexibility index (Phi) is 7.35. The van der Waals surface area contributed by atoms with E-state index in [4.69, 9.17) is 9.47 Å². The van der Waals surface area contributed by atoms with Crippen molar-refractivity contribution in [3.8, 4) is 5.75 Å². The highest BCUT2D eigenvalue weighted by Crippen LogP contribution is 2.68. The van der Waals surface area contributed by atoms with E-state index in [2.05, 4.69) is 38.7 Å². The average Bonchev–Trinajstić information content (AvgIpc) is 3.33. The highest BCUT2D eigenvalue weighted by molar-refractivity contribution is 6.83. The number of imide groups is 1. The van der Waals surface area contributed by atoms with Crippen molar-refractivity contribution >= 4 is 19.9 Å². The number of nitrogens with zero attached hydrogens (tertiary/aromatic N) is 1. The van der Waals surface area contributed by atoms with Gasteiger partial charge in [0.1, 0.15) is 5.75 Å². The van der Waals surface area contributed by atoms with Crippen LogP contribution in [0.3, 0.4) is 0 Å². The molecule has 0 radical (unpaired) electrons. The first kappa shape index (κ1) is 29.1. The van der Waals surface area contributed by atoms with Crippen LogP contribution in [0.4, 0.5) is 0 Å². The number of carbonyl (C=O) groups excluding carboxylic acids is 2. The first-order valence-electron chi connectivity index (χ1n) is 15.2. The SMILES string of the molecule is COc1ccc(COCCC2=C([Si](C)(C)C)C[C@]3(C)C4=C2C[C@@H]2C(=O)N(C)C(=O)[C@@H]2[C@@H]4[C@H](O)[C@H]3c2ccccc2)cc1.